The quantitative estimate of drug-likeness (QED) is 0.351. The molecule has 1 rings (SSSR count). The summed E-state index contributed by atoms with van der Waals surface area (Å²) in [5, 5.41) is 0. The van der Waals surface area contributed by atoms with Crippen molar-refractivity contribution in [1.29, 1.82) is 0 Å². The summed E-state index contributed by atoms with van der Waals surface area (Å²) in [4.78, 5) is 22.9. The van der Waals surface area contributed by atoms with Gasteiger partial charge in [-0.15, -0.1) is 0 Å². The van der Waals surface area contributed by atoms with Gasteiger partial charge in [0.1, 0.15) is 0 Å². The maximum atomic E-state index is 10.5. The number of aldehydes is 1. The van der Waals surface area contributed by atoms with E-state index in [1.165, 1.54) is 0 Å². The van der Waals surface area contributed by atoms with E-state index in [1.807, 2.05) is 0 Å². The van der Waals surface area contributed by atoms with Crippen LogP contribution in [0.2, 0.25) is 0 Å². The molecule has 0 aliphatic rings. The molecule has 1 aromatic rings. The van der Waals surface area contributed by atoms with Gasteiger partial charge < -0.3 is 4.98 Å². The molecule has 1 aromatic heterocycles. The van der Waals surface area contributed by atoms with Crippen molar-refractivity contribution in [3.05, 3.63) is 24.0 Å². The molecule has 1 heterocycles. The Morgan fingerprint density at radius 3 is 2.89 bits per heavy atom. The Hall–Kier alpha value is -1.38. The van der Waals surface area contributed by atoms with Gasteiger partial charge in [0.05, 0.1) is 5.69 Å². The molecule has 0 aromatic carbocycles. The highest BCUT2D eigenvalue weighted by atomic mass is 16.2. The Labute approximate surface area is 51.7 Å². The fraction of sp³-hybridized carbons (Fsp3) is 0. The molecule has 9 heavy (non-hydrogen) atoms. The number of Topliss-reactive ketones (excluding diaryl/α,β-unsaturated/α-hetero) is 1. The van der Waals surface area contributed by atoms with E-state index in [9.17, 15) is 9.59 Å². The van der Waals surface area contributed by atoms with Crippen LogP contribution in [0.1, 0.15) is 10.5 Å². The maximum Gasteiger partial charge on any atom is 0.241 e. The van der Waals surface area contributed by atoms with Crippen LogP contribution < -0.4 is 0 Å². The summed E-state index contributed by atoms with van der Waals surface area (Å²) in [6.07, 6.45) is 1.88. The first-order chi connectivity index (χ1) is 4.34. The van der Waals surface area contributed by atoms with E-state index in [2.05, 4.69) is 4.98 Å². The van der Waals surface area contributed by atoms with Crippen LogP contribution >= 0.6 is 0 Å². The van der Waals surface area contributed by atoms with Crippen LogP contribution in [0.5, 0.6) is 0 Å². The minimum absolute atomic E-state index is 0.284. The molecule has 0 atom stereocenters. The van der Waals surface area contributed by atoms with Gasteiger partial charge >= 0.3 is 0 Å². The Morgan fingerprint density at radius 1 is 1.67 bits per heavy atom. The van der Waals surface area contributed by atoms with E-state index in [4.69, 9.17) is 0 Å². The fourth-order valence-corrected chi connectivity index (χ4v) is 0.547. The predicted octanol–water partition coefficient (Wildman–Crippen LogP) is 0.396. The van der Waals surface area contributed by atoms with E-state index < -0.39 is 5.78 Å². The summed E-state index contributed by atoms with van der Waals surface area (Å²) in [5.74, 6) is -0.514. The van der Waals surface area contributed by atoms with Gasteiger partial charge in [0.15, 0.2) is 6.29 Å². The molecule has 0 aliphatic heterocycles. The minimum atomic E-state index is -0.514. The van der Waals surface area contributed by atoms with Crippen LogP contribution in [-0.4, -0.2) is 17.1 Å². The van der Waals surface area contributed by atoms with Gasteiger partial charge in [0, 0.05) is 6.20 Å². The van der Waals surface area contributed by atoms with E-state index in [0.29, 0.717) is 5.69 Å². The van der Waals surface area contributed by atoms with Gasteiger partial charge in [0.25, 0.3) is 0 Å². The Bertz CT molecular complexity index is 213. The summed E-state index contributed by atoms with van der Waals surface area (Å²) in [5.41, 5.74) is 0.338. The lowest BCUT2D eigenvalue weighted by Gasteiger charge is -1.81. The smallest absolute Gasteiger partial charge is 0.241 e. The van der Waals surface area contributed by atoms with Crippen LogP contribution in [0.15, 0.2) is 18.3 Å². The van der Waals surface area contributed by atoms with Gasteiger partial charge in [0.2, 0.25) is 5.78 Å². The number of rotatable bonds is 2. The van der Waals surface area contributed by atoms with Gasteiger partial charge in [-0.3, -0.25) is 9.59 Å². The van der Waals surface area contributed by atoms with E-state index in [-0.39, 0.29) is 6.29 Å². The third kappa shape index (κ3) is 1.05. The number of carbonyl (C=O) groups excluding carboxylic acids is 2. The van der Waals surface area contributed by atoms with Crippen molar-refractivity contribution in [1.82, 2.24) is 4.98 Å². The molecule has 0 radical (unpaired) electrons. The van der Waals surface area contributed by atoms with Crippen LogP contribution in [-0.2, 0) is 4.79 Å². The molecule has 1 N–H and O–H groups in total. The standard InChI is InChI=1S/C6H5NO2/c8-4-6(9)5-2-1-3-7-5/h1-4,7H. The van der Waals surface area contributed by atoms with Crippen LogP contribution in [0.4, 0.5) is 0 Å². The monoisotopic (exact) mass is 123 g/mol. The lowest BCUT2D eigenvalue weighted by atomic mass is 10.3. The van der Waals surface area contributed by atoms with Gasteiger partial charge in [-0.2, -0.15) is 0 Å². The van der Waals surface area contributed by atoms with Crippen LogP contribution in [0.25, 0.3) is 0 Å². The molecule has 3 nitrogen and oxygen atoms in total. The first-order valence-electron chi connectivity index (χ1n) is 2.47. The number of ketones is 1. The number of H-pyrrole nitrogens is 1. The molecule has 3 heteroatoms. The van der Waals surface area contributed by atoms with E-state index in [0.717, 1.165) is 0 Å². The molecule has 0 saturated carbocycles. The average Bonchev–Trinajstić information content (AvgIpc) is 2.37. The normalized spacial score (nSPS) is 8.89. The lowest BCUT2D eigenvalue weighted by molar-refractivity contribution is -0.104. The SMILES string of the molecule is O=CC(=O)c1ccc[nH]1. The van der Waals surface area contributed by atoms with Crippen molar-refractivity contribution in [3.63, 3.8) is 0 Å². The fourth-order valence-electron chi connectivity index (χ4n) is 0.547. The zero-order valence-corrected chi connectivity index (χ0v) is 4.63. The number of carbonyl (C=O) groups is 2. The van der Waals surface area contributed by atoms with Crippen molar-refractivity contribution in [2.24, 2.45) is 0 Å². The second kappa shape index (κ2) is 2.26. The van der Waals surface area contributed by atoms with E-state index in [1.54, 1.807) is 18.3 Å². The van der Waals surface area contributed by atoms with Crippen molar-refractivity contribution < 1.29 is 9.59 Å². The number of hydrogen-bond acceptors (Lipinski definition) is 2. The summed E-state index contributed by atoms with van der Waals surface area (Å²) >= 11 is 0. The number of nitrogens with one attached hydrogen (secondary N) is 1. The number of hydrogen-bond donors (Lipinski definition) is 1. The highest BCUT2D eigenvalue weighted by molar-refractivity contribution is 6.32. The van der Waals surface area contributed by atoms with E-state index >= 15 is 0 Å². The lowest BCUT2D eigenvalue weighted by Crippen LogP contribution is -1.98. The minimum Gasteiger partial charge on any atom is -0.358 e. The molecular weight excluding hydrogens is 118 g/mol. The first kappa shape index (κ1) is 5.75. The summed E-state index contributed by atoms with van der Waals surface area (Å²) in [6, 6.07) is 3.22. The molecule has 0 fully saturated rings. The molecule has 0 unspecified atom stereocenters. The molecule has 0 aliphatic carbocycles. The van der Waals surface area contributed by atoms with Gasteiger partial charge in [-0.05, 0) is 12.1 Å². The maximum absolute atomic E-state index is 10.5. The topological polar surface area (TPSA) is 49.9 Å². The third-order valence-corrected chi connectivity index (χ3v) is 0.970. The van der Waals surface area contributed by atoms with Crippen LogP contribution in [0.3, 0.4) is 0 Å². The number of aromatic amines is 1. The zero-order valence-electron chi connectivity index (χ0n) is 4.63. The first-order valence-corrected chi connectivity index (χ1v) is 2.47. The average molecular weight is 123 g/mol. The van der Waals surface area contributed by atoms with Crippen molar-refractivity contribution in [2.45, 2.75) is 0 Å². The second-order valence-corrected chi connectivity index (χ2v) is 1.57. The largest absolute Gasteiger partial charge is 0.358 e. The second-order valence-electron chi connectivity index (χ2n) is 1.57. The summed E-state index contributed by atoms with van der Waals surface area (Å²) in [7, 11) is 0. The number of aromatic nitrogens is 1. The molecule has 0 spiro atoms. The predicted molar refractivity (Wildman–Crippen MR) is 31.2 cm³/mol. The highest BCUT2D eigenvalue weighted by Gasteiger charge is 2.01. The van der Waals surface area contributed by atoms with Crippen molar-refractivity contribution in [3.8, 4) is 0 Å². The molecule has 0 saturated heterocycles. The van der Waals surface area contributed by atoms with Crippen molar-refractivity contribution in [2.75, 3.05) is 0 Å². The third-order valence-electron chi connectivity index (χ3n) is 0.970. The Balaban J connectivity index is 2.89. The van der Waals surface area contributed by atoms with Gasteiger partial charge in [-0.1, -0.05) is 0 Å². The molecular formula is C6H5NO2. The Morgan fingerprint density at radius 2 is 2.44 bits per heavy atom. The highest BCUT2D eigenvalue weighted by Crippen LogP contribution is 1.92. The van der Waals surface area contributed by atoms with Gasteiger partial charge in [-0.25, -0.2) is 0 Å². The summed E-state index contributed by atoms with van der Waals surface area (Å²) in [6.45, 7) is 0. The zero-order chi connectivity index (χ0) is 6.69. The summed E-state index contributed by atoms with van der Waals surface area (Å²) < 4.78 is 0. The Kier molecular flexibility index (Phi) is 1.44. The van der Waals surface area contributed by atoms with Crippen molar-refractivity contribution >= 4 is 12.1 Å². The molecule has 0 bridgehead atoms. The van der Waals surface area contributed by atoms with Crippen LogP contribution in [0, 0.1) is 0 Å². The molecule has 46 valence electrons. The molecule has 0 amide bonds.